The first-order valence-electron chi connectivity index (χ1n) is 2.42. The van der Waals surface area contributed by atoms with E-state index in [0.717, 1.165) is 16.5 Å². The molecule has 0 fully saturated rings. The Morgan fingerprint density at radius 1 is 1.44 bits per heavy atom. The number of aromatic nitrogens is 2. The highest BCUT2D eigenvalue weighted by Crippen LogP contribution is 2.06. The van der Waals surface area contributed by atoms with Gasteiger partial charge >= 0.3 is 0 Å². The predicted molar refractivity (Wildman–Crippen MR) is 42.6 cm³/mol. The Bertz CT molecular complexity index is 177. The molecule has 1 aromatic rings. The molecule has 9 heavy (non-hydrogen) atoms. The van der Waals surface area contributed by atoms with Gasteiger partial charge < -0.3 is 4.98 Å². The van der Waals surface area contributed by atoms with Crippen LogP contribution < -0.4 is 0 Å². The van der Waals surface area contributed by atoms with Crippen molar-refractivity contribution in [3.8, 4) is 0 Å². The number of aryl methyl sites for hydroxylation is 2. The van der Waals surface area contributed by atoms with Crippen LogP contribution in [0.3, 0.4) is 0 Å². The molecule has 0 amide bonds. The largest absolute Gasteiger partial charge is 0.345 e. The van der Waals surface area contributed by atoms with Crippen molar-refractivity contribution in [1.29, 1.82) is 0 Å². The molecule has 0 aromatic carbocycles. The van der Waals surface area contributed by atoms with Crippen LogP contribution in [0.2, 0.25) is 0 Å². The van der Waals surface area contributed by atoms with Gasteiger partial charge in [0.05, 0.1) is 0 Å². The van der Waals surface area contributed by atoms with E-state index in [2.05, 4.69) is 22.6 Å². The minimum Gasteiger partial charge on any atom is -0.345 e. The molecule has 0 aliphatic carbocycles. The SMILES string of the molecule is Cc1nc(S)c(C)[nH]1.Cl. The lowest BCUT2D eigenvalue weighted by Crippen LogP contribution is -1.70. The third kappa shape index (κ3) is 1.91. The van der Waals surface area contributed by atoms with Crippen LogP contribution in [0.25, 0.3) is 0 Å². The van der Waals surface area contributed by atoms with Gasteiger partial charge in [0.15, 0.2) is 0 Å². The van der Waals surface area contributed by atoms with Gasteiger partial charge in [0.2, 0.25) is 0 Å². The molecule has 4 heteroatoms. The van der Waals surface area contributed by atoms with E-state index in [1.807, 2.05) is 13.8 Å². The summed E-state index contributed by atoms with van der Waals surface area (Å²) < 4.78 is 0. The normalized spacial score (nSPS) is 8.78. The fourth-order valence-corrected chi connectivity index (χ4v) is 0.804. The van der Waals surface area contributed by atoms with Gasteiger partial charge in [-0.25, -0.2) is 4.98 Å². The molecule has 1 N–H and O–H groups in total. The molecule has 52 valence electrons. The number of H-pyrrole nitrogens is 1. The minimum absolute atomic E-state index is 0. The summed E-state index contributed by atoms with van der Waals surface area (Å²) in [6.07, 6.45) is 0. The van der Waals surface area contributed by atoms with Gasteiger partial charge in [-0.05, 0) is 13.8 Å². The summed E-state index contributed by atoms with van der Waals surface area (Å²) in [6.45, 7) is 3.86. The van der Waals surface area contributed by atoms with Crippen molar-refractivity contribution < 1.29 is 0 Å². The fraction of sp³-hybridized carbons (Fsp3) is 0.400. The number of rotatable bonds is 0. The summed E-state index contributed by atoms with van der Waals surface area (Å²) in [7, 11) is 0. The third-order valence-electron chi connectivity index (χ3n) is 0.977. The van der Waals surface area contributed by atoms with E-state index in [1.165, 1.54) is 0 Å². The van der Waals surface area contributed by atoms with Crippen LogP contribution in [0.5, 0.6) is 0 Å². The zero-order valence-electron chi connectivity index (χ0n) is 5.30. The molecule has 0 atom stereocenters. The van der Waals surface area contributed by atoms with Crippen molar-refractivity contribution >= 4 is 25.0 Å². The molecule has 0 aliphatic rings. The standard InChI is InChI=1S/C5H8N2S.ClH/c1-3-5(8)7-4(2)6-3;/h8H,1-2H3,(H,6,7);1H. The van der Waals surface area contributed by atoms with Crippen LogP contribution in [0.4, 0.5) is 0 Å². The number of aromatic amines is 1. The maximum Gasteiger partial charge on any atom is 0.114 e. The summed E-state index contributed by atoms with van der Waals surface area (Å²) >= 11 is 4.08. The molecule has 1 aromatic heterocycles. The summed E-state index contributed by atoms with van der Waals surface area (Å²) in [5.74, 6) is 0.924. The Balaban J connectivity index is 0.000000640. The Labute approximate surface area is 65.9 Å². The van der Waals surface area contributed by atoms with Crippen LogP contribution in [0.1, 0.15) is 11.5 Å². The van der Waals surface area contributed by atoms with Gasteiger partial charge in [-0.3, -0.25) is 0 Å². The molecule has 0 aliphatic heterocycles. The van der Waals surface area contributed by atoms with Crippen molar-refractivity contribution in [2.45, 2.75) is 18.9 Å². The second-order valence-electron chi connectivity index (χ2n) is 1.77. The topological polar surface area (TPSA) is 28.7 Å². The quantitative estimate of drug-likeness (QED) is 0.562. The molecule has 2 nitrogen and oxygen atoms in total. The number of hydrogen-bond acceptors (Lipinski definition) is 2. The van der Waals surface area contributed by atoms with E-state index in [0.29, 0.717) is 0 Å². The minimum atomic E-state index is 0. The number of imidazole rings is 1. The van der Waals surface area contributed by atoms with E-state index in [-0.39, 0.29) is 12.4 Å². The average molecular weight is 165 g/mol. The van der Waals surface area contributed by atoms with E-state index in [4.69, 9.17) is 0 Å². The first kappa shape index (κ1) is 8.85. The lowest BCUT2D eigenvalue weighted by molar-refractivity contribution is 1.10. The lowest BCUT2D eigenvalue weighted by Gasteiger charge is -1.78. The van der Waals surface area contributed by atoms with Gasteiger partial charge in [-0.2, -0.15) is 0 Å². The molecule has 0 unspecified atom stereocenters. The van der Waals surface area contributed by atoms with Crippen molar-refractivity contribution in [1.82, 2.24) is 9.97 Å². The Morgan fingerprint density at radius 2 is 2.00 bits per heavy atom. The second-order valence-corrected chi connectivity index (χ2v) is 2.19. The highest BCUT2D eigenvalue weighted by Gasteiger charge is 1.95. The van der Waals surface area contributed by atoms with Gasteiger partial charge in [0.1, 0.15) is 10.9 Å². The Morgan fingerprint density at radius 3 is 2.11 bits per heavy atom. The molecule has 0 saturated heterocycles. The Kier molecular flexibility index (Phi) is 3.08. The van der Waals surface area contributed by atoms with Crippen molar-refractivity contribution in [2.75, 3.05) is 0 Å². The van der Waals surface area contributed by atoms with Crippen LogP contribution in [-0.2, 0) is 0 Å². The van der Waals surface area contributed by atoms with Gasteiger partial charge in [0, 0.05) is 5.69 Å². The number of nitrogens with one attached hydrogen (secondary N) is 1. The highest BCUT2D eigenvalue weighted by molar-refractivity contribution is 7.80. The van der Waals surface area contributed by atoms with Gasteiger partial charge in [-0.1, -0.05) is 0 Å². The molecule has 0 spiro atoms. The van der Waals surface area contributed by atoms with E-state index >= 15 is 0 Å². The first-order chi connectivity index (χ1) is 3.70. The molecule has 1 rings (SSSR count). The fourth-order valence-electron chi connectivity index (χ4n) is 0.598. The molecule has 0 radical (unpaired) electrons. The molecular formula is C5H9ClN2S. The van der Waals surface area contributed by atoms with E-state index in [1.54, 1.807) is 0 Å². The van der Waals surface area contributed by atoms with Crippen LogP contribution in [0, 0.1) is 13.8 Å². The Hall–Kier alpha value is -0.150. The monoisotopic (exact) mass is 164 g/mol. The number of hydrogen-bond donors (Lipinski definition) is 2. The van der Waals surface area contributed by atoms with E-state index < -0.39 is 0 Å². The van der Waals surface area contributed by atoms with Crippen molar-refractivity contribution in [2.24, 2.45) is 0 Å². The maximum absolute atomic E-state index is 4.08. The van der Waals surface area contributed by atoms with Crippen LogP contribution in [-0.4, -0.2) is 9.97 Å². The molecule has 0 bridgehead atoms. The lowest BCUT2D eigenvalue weighted by atomic mass is 10.6. The zero-order valence-corrected chi connectivity index (χ0v) is 7.01. The van der Waals surface area contributed by atoms with Crippen molar-refractivity contribution in [3.63, 3.8) is 0 Å². The molecular weight excluding hydrogens is 156 g/mol. The number of nitrogens with zero attached hydrogens (tertiary/aromatic N) is 1. The van der Waals surface area contributed by atoms with Crippen molar-refractivity contribution in [3.05, 3.63) is 11.5 Å². The molecule has 0 saturated carbocycles. The van der Waals surface area contributed by atoms with Gasteiger partial charge in [0.25, 0.3) is 0 Å². The summed E-state index contributed by atoms with van der Waals surface area (Å²) in [5.41, 5.74) is 1.03. The summed E-state index contributed by atoms with van der Waals surface area (Å²) in [5, 5.41) is 0.794. The molecule has 1 heterocycles. The summed E-state index contributed by atoms with van der Waals surface area (Å²) in [6, 6.07) is 0. The smallest absolute Gasteiger partial charge is 0.114 e. The first-order valence-corrected chi connectivity index (χ1v) is 2.87. The van der Waals surface area contributed by atoms with E-state index in [9.17, 15) is 0 Å². The van der Waals surface area contributed by atoms with Crippen LogP contribution >= 0.6 is 25.0 Å². The van der Waals surface area contributed by atoms with Gasteiger partial charge in [-0.15, -0.1) is 25.0 Å². The maximum atomic E-state index is 4.08. The number of thiol groups is 1. The van der Waals surface area contributed by atoms with Crippen LogP contribution in [0.15, 0.2) is 5.03 Å². The average Bonchev–Trinajstić information content (AvgIpc) is 1.85. The number of halogens is 1. The second kappa shape index (κ2) is 3.13. The third-order valence-corrected chi connectivity index (χ3v) is 1.41. The summed E-state index contributed by atoms with van der Waals surface area (Å²) in [4.78, 5) is 7.04. The predicted octanol–water partition coefficient (Wildman–Crippen LogP) is 1.74. The zero-order chi connectivity index (χ0) is 6.15. The highest BCUT2D eigenvalue weighted by atomic mass is 35.5.